The molecule has 136 valence electrons. The lowest BCUT2D eigenvalue weighted by molar-refractivity contribution is -0.135. The molecule has 0 bridgehead atoms. The largest absolute Gasteiger partial charge is 0.462 e. The molecule has 0 saturated carbocycles. The van der Waals surface area contributed by atoms with Crippen molar-refractivity contribution in [3.05, 3.63) is 77.0 Å². The van der Waals surface area contributed by atoms with Gasteiger partial charge in [0.15, 0.2) is 0 Å². The minimum atomic E-state index is -0.260. The van der Waals surface area contributed by atoms with E-state index in [1.165, 1.54) is 0 Å². The summed E-state index contributed by atoms with van der Waals surface area (Å²) < 4.78 is 6.88. The number of allylic oxidation sites excluding steroid dienone is 1. The Morgan fingerprint density at radius 3 is 2.56 bits per heavy atom. The van der Waals surface area contributed by atoms with Gasteiger partial charge in [-0.25, -0.2) is 9.48 Å². The average molecular weight is 380 g/mol. The lowest BCUT2D eigenvalue weighted by Gasteiger charge is -2.11. The molecule has 27 heavy (non-hydrogen) atoms. The van der Waals surface area contributed by atoms with Crippen LogP contribution in [0.1, 0.15) is 13.3 Å². The highest BCUT2D eigenvalue weighted by Gasteiger charge is 2.22. The molecule has 4 rings (SSSR count). The fourth-order valence-corrected chi connectivity index (χ4v) is 3.17. The number of esters is 1. The van der Waals surface area contributed by atoms with Crippen molar-refractivity contribution in [1.82, 2.24) is 9.78 Å². The number of cyclic esters (lactones) is 1. The van der Waals surface area contributed by atoms with Crippen LogP contribution in [0.25, 0.3) is 16.9 Å². The van der Waals surface area contributed by atoms with Crippen molar-refractivity contribution >= 4 is 23.4 Å². The lowest BCUT2D eigenvalue weighted by Crippen LogP contribution is -2.08. The van der Waals surface area contributed by atoms with Gasteiger partial charge in [-0.1, -0.05) is 41.9 Å². The van der Waals surface area contributed by atoms with Crippen molar-refractivity contribution in [2.45, 2.75) is 13.3 Å². The van der Waals surface area contributed by atoms with Gasteiger partial charge in [-0.05, 0) is 31.2 Å². The van der Waals surface area contributed by atoms with Crippen molar-refractivity contribution in [2.75, 3.05) is 11.9 Å². The summed E-state index contributed by atoms with van der Waals surface area (Å²) in [7, 11) is 0. The summed E-state index contributed by atoms with van der Waals surface area (Å²) in [6, 6.07) is 19.4. The van der Waals surface area contributed by atoms with Gasteiger partial charge in [0.25, 0.3) is 0 Å². The number of carbonyl (C=O) groups excluding carboxylic acids is 1. The Bertz CT molecular complexity index is 1010. The van der Waals surface area contributed by atoms with E-state index in [2.05, 4.69) is 5.32 Å². The number of benzene rings is 2. The molecule has 1 fully saturated rings. The number of hydrogen-bond acceptors (Lipinski definition) is 4. The quantitative estimate of drug-likeness (QED) is 0.521. The van der Waals surface area contributed by atoms with Crippen molar-refractivity contribution in [3.8, 4) is 16.9 Å². The summed E-state index contributed by atoms with van der Waals surface area (Å²) in [5, 5.41) is 8.77. The molecule has 0 aliphatic carbocycles. The summed E-state index contributed by atoms with van der Waals surface area (Å²) in [6.45, 7) is 2.31. The summed E-state index contributed by atoms with van der Waals surface area (Å²) in [6.07, 6.45) is 0.612. The molecule has 0 atom stereocenters. The van der Waals surface area contributed by atoms with E-state index in [1.807, 2.05) is 72.3 Å². The van der Waals surface area contributed by atoms with Gasteiger partial charge in [0.1, 0.15) is 5.82 Å². The van der Waals surface area contributed by atoms with Gasteiger partial charge < -0.3 is 10.1 Å². The van der Waals surface area contributed by atoms with E-state index in [-0.39, 0.29) is 5.97 Å². The molecule has 2 heterocycles. The standard InChI is InChI=1S/C21H18ClN3O2/c1-14(18-11-12-27-21(18)26)23-20-13-19(15-7-9-16(22)10-8-15)24-25(20)17-5-3-2-4-6-17/h2-10,13,23H,11-12H2,1H3/b18-14-. The first kappa shape index (κ1) is 17.4. The number of halogens is 1. The van der Waals surface area contributed by atoms with E-state index in [1.54, 1.807) is 0 Å². The van der Waals surface area contributed by atoms with E-state index in [0.29, 0.717) is 23.6 Å². The van der Waals surface area contributed by atoms with Crippen LogP contribution >= 0.6 is 11.6 Å². The topological polar surface area (TPSA) is 56.1 Å². The third-order valence-electron chi connectivity index (χ3n) is 4.45. The smallest absolute Gasteiger partial charge is 0.335 e. The molecule has 0 unspecified atom stereocenters. The van der Waals surface area contributed by atoms with Gasteiger partial charge in [0, 0.05) is 28.8 Å². The molecule has 0 spiro atoms. The summed E-state index contributed by atoms with van der Waals surface area (Å²) in [5.41, 5.74) is 4.14. The Balaban J connectivity index is 1.77. The third-order valence-corrected chi connectivity index (χ3v) is 4.70. The van der Waals surface area contributed by atoms with Gasteiger partial charge >= 0.3 is 5.97 Å². The van der Waals surface area contributed by atoms with Crippen LogP contribution in [-0.4, -0.2) is 22.4 Å². The third kappa shape index (κ3) is 3.59. The average Bonchev–Trinajstić information content (AvgIpc) is 3.29. The number of nitrogens with one attached hydrogen (secondary N) is 1. The second-order valence-electron chi connectivity index (χ2n) is 6.28. The molecule has 0 radical (unpaired) electrons. The van der Waals surface area contributed by atoms with Crippen LogP contribution in [0.15, 0.2) is 71.9 Å². The molecule has 1 aliphatic heterocycles. The van der Waals surface area contributed by atoms with E-state index >= 15 is 0 Å². The number of hydrogen-bond donors (Lipinski definition) is 1. The molecule has 0 amide bonds. The van der Waals surface area contributed by atoms with E-state index in [9.17, 15) is 4.79 Å². The van der Waals surface area contributed by atoms with Crippen LogP contribution in [0.4, 0.5) is 5.82 Å². The van der Waals surface area contributed by atoms with Crippen molar-refractivity contribution < 1.29 is 9.53 Å². The van der Waals surface area contributed by atoms with Crippen LogP contribution < -0.4 is 5.32 Å². The number of para-hydroxylation sites is 1. The lowest BCUT2D eigenvalue weighted by atomic mass is 10.1. The van der Waals surface area contributed by atoms with Crippen molar-refractivity contribution in [1.29, 1.82) is 0 Å². The first-order valence-electron chi connectivity index (χ1n) is 8.67. The number of rotatable bonds is 4. The molecule has 2 aromatic carbocycles. The van der Waals surface area contributed by atoms with Gasteiger partial charge in [0.2, 0.25) is 0 Å². The SMILES string of the molecule is C/C(Nc1cc(-c2ccc(Cl)cc2)nn1-c1ccccc1)=C1\CCOC1=O. The molecular weight excluding hydrogens is 362 g/mol. The fourth-order valence-electron chi connectivity index (χ4n) is 3.04. The molecule has 1 aromatic heterocycles. The maximum absolute atomic E-state index is 11.9. The number of carbonyl (C=O) groups is 1. The van der Waals surface area contributed by atoms with Crippen LogP contribution in [-0.2, 0) is 9.53 Å². The summed E-state index contributed by atoms with van der Waals surface area (Å²) in [4.78, 5) is 11.9. The van der Waals surface area contributed by atoms with Crippen LogP contribution in [0.2, 0.25) is 5.02 Å². The van der Waals surface area contributed by atoms with Gasteiger partial charge in [-0.2, -0.15) is 5.10 Å². The van der Waals surface area contributed by atoms with Crippen LogP contribution in [0.3, 0.4) is 0 Å². The maximum atomic E-state index is 11.9. The normalized spacial score (nSPS) is 15.6. The highest BCUT2D eigenvalue weighted by atomic mass is 35.5. The molecule has 3 aromatic rings. The summed E-state index contributed by atoms with van der Waals surface area (Å²) in [5.74, 6) is 0.513. The highest BCUT2D eigenvalue weighted by molar-refractivity contribution is 6.30. The Kier molecular flexibility index (Phi) is 4.69. The Hall–Kier alpha value is -3.05. The Labute approximate surface area is 162 Å². The molecule has 1 N–H and O–H groups in total. The molecule has 6 heteroatoms. The molecule has 1 aliphatic rings. The number of aromatic nitrogens is 2. The predicted molar refractivity (Wildman–Crippen MR) is 106 cm³/mol. The predicted octanol–water partition coefficient (Wildman–Crippen LogP) is 4.83. The van der Waals surface area contributed by atoms with Gasteiger partial charge in [-0.15, -0.1) is 0 Å². The monoisotopic (exact) mass is 379 g/mol. The first-order valence-corrected chi connectivity index (χ1v) is 9.05. The Morgan fingerprint density at radius 1 is 1.15 bits per heavy atom. The van der Waals surface area contributed by atoms with Crippen LogP contribution in [0, 0.1) is 0 Å². The van der Waals surface area contributed by atoms with Gasteiger partial charge in [-0.3, -0.25) is 0 Å². The molecular formula is C21H18ClN3O2. The fraction of sp³-hybridized carbons (Fsp3) is 0.143. The van der Waals surface area contributed by atoms with Gasteiger partial charge in [0.05, 0.1) is 23.6 Å². The molecule has 5 nitrogen and oxygen atoms in total. The second kappa shape index (κ2) is 7.29. The zero-order chi connectivity index (χ0) is 18.8. The zero-order valence-corrected chi connectivity index (χ0v) is 15.5. The maximum Gasteiger partial charge on any atom is 0.335 e. The summed E-state index contributed by atoms with van der Waals surface area (Å²) >= 11 is 6.00. The van der Waals surface area contributed by atoms with Crippen molar-refractivity contribution in [3.63, 3.8) is 0 Å². The zero-order valence-electron chi connectivity index (χ0n) is 14.8. The Morgan fingerprint density at radius 2 is 1.89 bits per heavy atom. The second-order valence-corrected chi connectivity index (χ2v) is 6.72. The minimum Gasteiger partial charge on any atom is -0.462 e. The minimum absolute atomic E-state index is 0.260. The number of nitrogens with zero attached hydrogens (tertiary/aromatic N) is 2. The van der Waals surface area contributed by atoms with E-state index in [4.69, 9.17) is 21.4 Å². The van der Waals surface area contributed by atoms with Crippen molar-refractivity contribution in [2.24, 2.45) is 0 Å². The number of ether oxygens (including phenoxy) is 1. The van der Waals surface area contributed by atoms with Crippen LogP contribution in [0.5, 0.6) is 0 Å². The number of anilines is 1. The highest BCUT2D eigenvalue weighted by Crippen LogP contribution is 2.28. The van der Waals surface area contributed by atoms with E-state index < -0.39 is 0 Å². The van der Waals surface area contributed by atoms with E-state index in [0.717, 1.165) is 28.5 Å². The first-order chi connectivity index (χ1) is 13.1. The molecule has 1 saturated heterocycles.